The molecule has 94 valence electrons. The highest BCUT2D eigenvalue weighted by atomic mass is 16.3. The summed E-state index contributed by atoms with van der Waals surface area (Å²) in [5, 5.41) is 12.7. The summed E-state index contributed by atoms with van der Waals surface area (Å²) in [5.74, 6) is -0.400. The van der Waals surface area contributed by atoms with Gasteiger partial charge in [-0.15, -0.1) is 0 Å². The van der Waals surface area contributed by atoms with Crippen molar-refractivity contribution in [3.05, 3.63) is 35.9 Å². The minimum atomic E-state index is -0.656. The molecule has 1 aromatic carbocycles. The Bertz CT molecular complexity index is 367. The van der Waals surface area contributed by atoms with Crippen LogP contribution >= 0.6 is 0 Å². The van der Waals surface area contributed by atoms with Gasteiger partial charge in [0.1, 0.15) is 0 Å². The topological polar surface area (TPSA) is 75.3 Å². The van der Waals surface area contributed by atoms with E-state index in [4.69, 9.17) is 5.73 Å². The lowest BCUT2D eigenvalue weighted by molar-refractivity contribution is -0.120. The molecule has 0 spiro atoms. The fraction of sp³-hybridized carbons (Fsp3) is 0.462. The zero-order valence-electron chi connectivity index (χ0n) is 10.3. The Morgan fingerprint density at radius 3 is 2.47 bits per heavy atom. The second kappa shape index (κ2) is 5.80. The average molecular weight is 236 g/mol. The SMILES string of the molecule is CCC(NC(C)(CO)c1ccccc1)C(N)=O. The molecule has 4 N–H and O–H groups in total. The van der Waals surface area contributed by atoms with E-state index in [1.165, 1.54) is 0 Å². The predicted octanol–water partition coefficient (Wildman–Crippen LogP) is 0.748. The van der Waals surface area contributed by atoms with Crippen LogP contribution in [0, 0.1) is 0 Å². The first kappa shape index (κ1) is 13.7. The number of carbonyl (C=O) groups is 1. The maximum absolute atomic E-state index is 11.2. The van der Waals surface area contributed by atoms with Gasteiger partial charge >= 0.3 is 0 Å². The fourth-order valence-corrected chi connectivity index (χ4v) is 1.79. The van der Waals surface area contributed by atoms with Gasteiger partial charge in [-0.25, -0.2) is 0 Å². The molecule has 1 aromatic rings. The molecule has 0 aliphatic heterocycles. The number of hydrogen-bond donors (Lipinski definition) is 3. The molecule has 4 nitrogen and oxygen atoms in total. The van der Waals surface area contributed by atoms with Crippen LogP contribution in [-0.2, 0) is 10.3 Å². The van der Waals surface area contributed by atoms with Crippen molar-refractivity contribution in [2.75, 3.05) is 6.61 Å². The summed E-state index contributed by atoms with van der Waals surface area (Å²) in [4.78, 5) is 11.2. The van der Waals surface area contributed by atoms with E-state index in [1.54, 1.807) is 0 Å². The number of amides is 1. The first-order chi connectivity index (χ1) is 8.03. The van der Waals surface area contributed by atoms with Crippen molar-refractivity contribution in [2.24, 2.45) is 5.73 Å². The van der Waals surface area contributed by atoms with Gasteiger partial charge in [0.15, 0.2) is 0 Å². The summed E-state index contributed by atoms with van der Waals surface area (Å²) in [6, 6.07) is 9.10. The number of nitrogens with one attached hydrogen (secondary N) is 1. The molecule has 1 rings (SSSR count). The Morgan fingerprint density at radius 2 is 2.06 bits per heavy atom. The van der Waals surface area contributed by atoms with Crippen LogP contribution in [0.25, 0.3) is 0 Å². The van der Waals surface area contributed by atoms with Gasteiger partial charge in [-0.05, 0) is 18.9 Å². The number of aliphatic hydroxyl groups is 1. The number of nitrogens with two attached hydrogens (primary N) is 1. The van der Waals surface area contributed by atoms with E-state index in [9.17, 15) is 9.90 Å². The summed E-state index contributed by atoms with van der Waals surface area (Å²) in [6.45, 7) is 3.64. The lowest BCUT2D eigenvalue weighted by atomic mass is 9.91. The van der Waals surface area contributed by atoms with Crippen molar-refractivity contribution < 1.29 is 9.90 Å². The number of hydrogen-bond acceptors (Lipinski definition) is 3. The van der Waals surface area contributed by atoms with Crippen LogP contribution < -0.4 is 11.1 Å². The standard InChI is InChI=1S/C13H20N2O2/c1-3-11(12(14)17)15-13(2,9-16)10-7-5-4-6-8-10/h4-8,11,15-16H,3,9H2,1-2H3,(H2,14,17). The third kappa shape index (κ3) is 3.28. The number of aliphatic hydroxyl groups excluding tert-OH is 1. The van der Waals surface area contributed by atoms with Crippen molar-refractivity contribution >= 4 is 5.91 Å². The third-order valence-electron chi connectivity index (χ3n) is 2.97. The van der Waals surface area contributed by atoms with Crippen LogP contribution in [0.4, 0.5) is 0 Å². The van der Waals surface area contributed by atoms with Crippen molar-refractivity contribution in [1.29, 1.82) is 0 Å². The number of primary amides is 1. The number of benzene rings is 1. The van der Waals surface area contributed by atoms with Crippen LogP contribution in [0.1, 0.15) is 25.8 Å². The molecule has 4 heteroatoms. The van der Waals surface area contributed by atoms with E-state index in [0.29, 0.717) is 6.42 Å². The van der Waals surface area contributed by atoms with E-state index >= 15 is 0 Å². The fourth-order valence-electron chi connectivity index (χ4n) is 1.79. The van der Waals surface area contributed by atoms with Crippen molar-refractivity contribution in [3.8, 4) is 0 Å². The molecular weight excluding hydrogens is 216 g/mol. The van der Waals surface area contributed by atoms with E-state index in [-0.39, 0.29) is 6.61 Å². The Morgan fingerprint density at radius 1 is 1.47 bits per heavy atom. The van der Waals surface area contributed by atoms with Crippen molar-refractivity contribution in [3.63, 3.8) is 0 Å². The maximum Gasteiger partial charge on any atom is 0.234 e. The lowest BCUT2D eigenvalue weighted by Gasteiger charge is -2.32. The molecular formula is C13H20N2O2. The van der Waals surface area contributed by atoms with E-state index < -0.39 is 17.5 Å². The lowest BCUT2D eigenvalue weighted by Crippen LogP contribution is -2.53. The van der Waals surface area contributed by atoms with Crippen LogP contribution in [0.15, 0.2) is 30.3 Å². The summed E-state index contributed by atoms with van der Waals surface area (Å²) in [6.07, 6.45) is 0.595. The van der Waals surface area contributed by atoms with Gasteiger partial charge in [0.25, 0.3) is 0 Å². The summed E-state index contributed by atoms with van der Waals surface area (Å²) < 4.78 is 0. The Labute approximate surface area is 102 Å². The highest BCUT2D eigenvalue weighted by Crippen LogP contribution is 2.20. The van der Waals surface area contributed by atoms with Crippen LogP contribution in [0.2, 0.25) is 0 Å². The molecule has 0 aliphatic rings. The molecule has 0 fully saturated rings. The molecule has 1 amide bonds. The molecule has 0 bridgehead atoms. The highest BCUT2D eigenvalue weighted by Gasteiger charge is 2.29. The molecule has 17 heavy (non-hydrogen) atoms. The van der Waals surface area contributed by atoms with Crippen molar-refractivity contribution in [2.45, 2.75) is 31.8 Å². The normalized spacial score (nSPS) is 16.2. The summed E-state index contributed by atoms with van der Waals surface area (Å²) >= 11 is 0. The largest absolute Gasteiger partial charge is 0.394 e. The van der Waals surface area contributed by atoms with Gasteiger partial charge < -0.3 is 10.8 Å². The monoisotopic (exact) mass is 236 g/mol. The smallest absolute Gasteiger partial charge is 0.234 e. The van der Waals surface area contributed by atoms with E-state index in [0.717, 1.165) is 5.56 Å². The summed E-state index contributed by atoms with van der Waals surface area (Å²) in [5.41, 5.74) is 5.58. The van der Waals surface area contributed by atoms with Crippen LogP contribution in [-0.4, -0.2) is 23.7 Å². The molecule has 0 aromatic heterocycles. The quantitative estimate of drug-likeness (QED) is 0.682. The molecule has 0 radical (unpaired) electrons. The summed E-state index contributed by atoms with van der Waals surface area (Å²) in [7, 11) is 0. The molecule has 0 saturated carbocycles. The van der Waals surface area contributed by atoms with E-state index in [2.05, 4.69) is 5.32 Å². The third-order valence-corrected chi connectivity index (χ3v) is 2.97. The molecule has 2 unspecified atom stereocenters. The van der Waals surface area contributed by atoms with Crippen LogP contribution in [0.5, 0.6) is 0 Å². The number of carbonyl (C=O) groups excluding carboxylic acids is 1. The zero-order valence-corrected chi connectivity index (χ0v) is 10.3. The molecule has 2 atom stereocenters. The van der Waals surface area contributed by atoms with Gasteiger partial charge in [0.05, 0.1) is 18.2 Å². The zero-order chi connectivity index (χ0) is 12.9. The van der Waals surface area contributed by atoms with Gasteiger partial charge in [-0.3, -0.25) is 10.1 Å². The van der Waals surface area contributed by atoms with Gasteiger partial charge in [0, 0.05) is 0 Å². The Kier molecular flexibility index (Phi) is 4.66. The van der Waals surface area contributed by atoms with Gasteiger partial charge in [-0.2, -0.15) is 0 Å². The molecule has 0 aliphatic carbocycles. The minimum absolute atomic E-state index is 0.0964. The average Bonchev–Trinajstić information content (AvgIpc) is 2.36. The molecule has 0 heterocycles. The van der Waals surface area contributed by atoms with Gasteiger partial charge in [-0.1, -0.05) is 37.3 Å². The predicted molar refractivity (Wildman–Crippen MR) is 67.3 cm³/mol. The molecule has 0 saturated heterocycles. The van der Waals surface area contributed by atoms with Crippen LogP contribution in [0.3, 0.4) is 0 Å². The first-order valence-electron chi connectivity index (χ1n) is 5.77. The second-order valence-electron chi connectivity index (χ2n) is 4.36. The van der Waals surface area contributed by atoms with Crippen molar-refractivity contribution in [1.82, 2.24) is 5.32 Å². The minimum Gasteiger partial charge on any atom is -0.394 e. The second-order valence-corrected chi connectivity index (χ2v) is 4.36. The maximum atomic E-state index is 11.2. The Hall–Kier alpha value is -1.39. The van der Waals surface area contributed by atoms with E-state index in [1.807, 2.05) is 44.2 Å². The first-order valence-corrected chi connectivity index (χ1v) is 5.77. The number of rotatable bonds is 6. The van der Waals surface area contributed by atoms with Gasteiger partial charge in [0.2, 0.25) is 5.91 Å². The highest BCUT2D eigenvalue weighted by molar-refractivity contribution is 5.79. The Balaban J connectivity index is 2.93.